The van der Waals surface area contributed by atoms with E-state index in [1.165, 1.54) is 11.1 Å². The monoisotopic (exact) mass is 250 g/mol. The van der Waals surface area contributed by atoms with Crippen LogP contribution in [0.2, 0.25) is 0 Å². The number of ether oxygens (including phenoxy) is 2. The smallest absolute Gasteiger partial charge is 0.130 e. The van der Waals surface area contributed by atoms with Crippen molar-refractivity contribution in [2.24, 2.45) is 0 Å². The summed E-state index contributed by atoms with van der Waals surface area (Å²) in [7, 11) is 0. The Labute approximate surface area is 109 Å². The molecule has 1 N–H and O–H groups in total. The molecule has 18 heavy (non-hydrogen) atoms. The number of benzene rings is 1. The lowest BCUT2D eigenvalue weighted by Crippen LogP contribution is -2.55. The second-order valence-corrected chi connectivity index (χ2v) is 5.08. The highest BCUT2D eigenvalue weighted by atomic mass is 16.6. The number of aryl methyl sites for hydroxylation is 2. The first kappa shape index (κ1) is 13.4. The van der Waals surface area contributed by atoms with Gasteiger partial charge in [0.05, 0.1) is 6.10 Å². The summed E-state index contributed by atoms with van der Waals surface area (Å²) in [5.41, 5.74) is 3.59. The molecular weight excluding hydrogens is 228 g/mol. The molecule has 100 valence electrons. The Morgan fingerprint density at radius 2 is 2.00 bits per heavy atom. The van der Waals surface area contributed by atoms with Crippen LogP contribution in [0.25, 0.3) is 0 Å². The van der Waals surface area contributed by atoms with Gasteiger partial charge in [-0.05, 0) is 50.5 Å². The Hall–Kier alpha value is -1.06. The molecule has 1 fully saturated rings. The van der Waals surface area contributed by atoms with Gasteiger partial charge in [0.15, 0.2) is 0 Å². The van der Waals surface area contributed by atoms with Gasteiger partial charge in [-0.1, -0.05) is 6.07 Å². The first-order valence-electron chi connectivity index (χ1n) is 6.57. The summed E-state index contributed by atoms with van der Waals surface area (Å²) >= 11 is 0. The highest BCUT2D eigenvalue weighted by molar-refractivity contribution is 5.42. The van der Waals surface area contributed by atoms with Crippen LogP contribution in [0.3, 0.4) is 0 Å². The normalized spacial score (nSPS) is 26.8. The second kappa shape index (κ2) is 5.29. The predicted octanol–water partition coefficient (Wildman–Crippen LogP) is 2.53. The Balaban J connectivity index is 2.10. The van der Waals surface area contributed by atoms with Crippen LogP contribution in [0.1, 0.15) is 30.0 Å². The van der Waals surface area contributed by atoms with Gasteiger partial charge in [0, 0.05) is 13.0 Å². The molecule has 2 rings (SSSR count). The number of aliphatic hydroxyl groups is 1. The Bertz CT molecular complexity index is 428. The Morgan fingerprint density at radius 1 is 1.28 bits per heavy atom. The molecule has 1 aromatic carbocycles. The van der Waals surface area contributed by atoms with E-state index in [1.807, 2.05) is 6.92 Å². The summed E-state index contributed by atoms with van der Waals surface area (Å²) in [5, 5.41) is 9.66. The summed E-state index contributed by atoms with van der Waals surface area (Å²) in [5.74, 6) is 0.911. The first-order valence-corrected chi connectivity index (χ1v) is 6.57. The number of aliphatic hydroxyl groups excluding tert-OH is 1. The van der Waals surface area contributed by atoms with E-state index in [1.54, 1.807) is 0 Å². The zero-order valence-electron chi connectivity index (χ0n) is 11.6. The molecule has 0 bridgehead atoms. The first-order chi connectivity index (χ1) is 8.52. The van der Waals surface area contributed by atoms with E-state index < -0.39 is 0 Å². The third-order valence-electron chi connectivity index (χ3n) is 3.62. The molecule has 3 nitrogen and oxygen atoms in total. The maximum absolute atomic E-state index is 9.66. The molecule has 1 aliphatic carbocycles. The molecule has 1 aromatic rings. The fourth-order valence-corrected chi connectivity index (χ4v) is 2.37. The molecule has 0 spiro atoms. The maximum Gasteiger partial charge on any atom is 0.130 e. The predicted molar refractivity (Wildman–Crippen MR) is 71.1 cm³/mol. The van der Waals surface area contributed by atoms with Crippen LogP contribution in [-0.4, -0.2) is 30.0 Å². The molecular formula is C15H22O3. The van der Waals surface area contributed by atoms with Gasteiger partial charge in [-0.3, -0.25) is 0 Å². The maximum atomic E-state index is 9.66. The van der Waals surface area contributed by atoms with E-state index in [-0.39, 0.29) is 18.3 Å². The molecule has 0 aliphatic heterocycles. The summed E-state index contributed by atoms with van der Waals surface area (Å²) in [6.45, 7) is 8.76. The Kier molecular flexibility index (Phi) is 3.93. The van der Waals surface area contributed by atoms with Crippen molar-refractivity contribution in [2.45, 2.75) is 52.4 Å². The van der Waals surface area contributed by atoms with Crippen molar-refractivity contribution in [1.29, 1.82) is 0 Å². The zero-order chi connectivity index (χ0) is 13.3. The van der Waals surface area contributed by atoms with E-state index in [4.69, 9.17) is 9.47 Å². The van der Waals surface area contributed by atoms with Crippen LogP contribution in [-0.2, 0) is 4.74 Å². The van der Waals surface area contributed by atoms with Crippen LogP contribution in [0.4, 0.5) is 0 Å². The summed E-state index contributed by atoms with van der Waals surface area (Å²) in [6, 6.07) is 4.20. The third kappa shape index (κ3) is 2.52. The van der Waals surface area contributed by atoms with Crippen molar-refractivity contribution in [3.63, 3.8) is 0 Å². The number of rotatable bonds is 4. The van der Waals surface area contributed by atoms with Gasteiger partial charge >= 0.3 is 0 Å². The topological polar surface area (TPSA) is 38.7 Å². The third-order valence-corrected chi connectivity index (χ3v) is 3.62. The van der Waals surface area contributed by atoms with Gasteiger partial charge in [0.1, 0.15) is 18.0 Å². The fraction of sp³-hybridized carbons (Fsp3) is 0.600. The minimum atomic E-state index is -0.388. The number of hydrogen-bond donors (Lipinski definition) is 1. The quantitative estimate of drug-likeness (QED) is 0.892. The van der Waals surface area contributed by atoms with Crippen molar-refractivity contribution >= 4 is 0 Å². The second-order valence-electron chi connectivity index (χ2n) is 5.08. The summed E-state index contributed by atoms with van der Waals surface area (Å²) < 4.78 is 11.5. The lowest BCUT2D eigenvalue weighted by molar-refractivity contribution is -0.160. The highest BCUT2D eigenvalue weighted by Gasteiger charge is 2.42. The van der Waals surface area contributed by atoms with Gasteiger partial charge in [0.2, 0.25) is 0 Å². The average Bonchev–Trinajstić information content (AvgIpc) is 2.31. The van der Waals surface area contributed by atoms with Gasteiger partial charge in [-0.15, -0.1) is 0 Å². The Morgan fingerprint density at radius 3 is 2.61 bits per heavy atom. The fourth-order valence-electron chi connectivity index (χ4n) is 2.37. The molecule has 0 amide bonds. The van der Waals surface area contributed by atoms with Crippen LogP contribution >= 0.6 is 0 Å². The van der Waals surface area contributed by atoms with E-state index in [0.29, 0.717) is 13.0 Å². The largest absolute Gasteiger partial charge is 0.487 e. The van der Waals surface area contributed by atoms with Gasteiger partial charge in [-0.25, -0.2) is 0 Å². The molecule has 0 aromatic heterocycles. The lowest BCUT2D eigenvalue weighted by Gasteiger charge is -2.41. The van der Waals surface area contributed by atoms with Crippen molar-refractivity contribution in [3.8, 4) is 5.75 Å². The van der Waals surface area contributed by atoms with E-state index >= 15 is 0 Å². The summed E-state index contributed by atoms with van der Waals surface area (Å²) in [4.78, 5) is 0. The molecule has 0 heterocycles. The average molecular weight is 250 g/mol. The molecule has 3 atom stereocenters. The van der Waals surface area contributed by atoms with Crippen molar-refractivity contribution in [2.75, 3.05) is 6.61 Å². The number of hydrogen-bond acceptors (Lipinski definition) is 3. The van der Waals surface area contributed by atoms with E-state index in [2.05, 4.69) is 32.9 Å². The minimum absolute atomic E-state index is 0.0279. The highest BCUT2D eigenvalue weighted by Crippen LogP contribution is 2.32. The van der Waals surface area contributed by atoms with E-state index in [0.717, 1.165) is 11.3 Å². The van der Waals surface area contributed by atoms with Crippen LogP contribution in [0, 0.1) is 20.8 Å². The van der Waals surface area contributed by atoms with Gasteiger partial charge < -0.3 is 14.6 Å². The van der Waals surface area contributed by atoms with E-state index in [9.17, 15) is 5.11 Å². The molecule has 0 radical (unpaired) electrons. The SMILES string of the molecule is CCOC1C(O)CC1Oc1cc(C)cc(C)c1C. The van der Waals surface area contributed by atoms with Gasteiger partial charge in [-0.2, -0.15) is 0 Å². The van der Waals surface area contributed by atoms with Crippen LogP contribution in [0.15, 0.2) is 12.1 Å². The molecule has 3 heteroatoms. The molecule has 1 aliphatic rings. The van der Waals surface area contributed by atoms with Crippen LogP contribution in [0.5, 0.6) is 5.75 Å². The standard InChI is InChI=1S/C15H22O3/c1-5-17-15-12(16)8-14(15)18-13-7-9(2)6-10(3)11(13)4/h6-7,12,14-16H,5,8H2,1-4H3. The van der Waals surface area contributed by atoms with Crippen molar-refractivity contribution in [1.82, 2.24) is 0 Å². The molecule has 3 unspecified atom stereocenters. The van der Waals surface area contributed by atoms with Gasteiger partial charge in [0.25, 0.3) is 0 Å². The minimum Gasteiger partial charge on any atom is -0.487 e. The van der Waals surface area contributed by atoms with Crippen molar-refractivity contribution < 1.29 is 14.6 Å². The van der Waals surface area contributed by atoms with Crippen molar-refractivity contribution in [3.05, 3.63) is 28.8 Å². The molecule has 1 saturated carbocycles. The summed E-state index contributed by atoms with van der Waals surface area (Å²) in [6.07, 6.45) is 0.0492. The molecule has 0 saturated heterocycles. The zero-order valence-corrected chi connectivity index (χ0v) is 11.6. The lowest BCUT2D eigenvalue weighted by atomic mass is 9.88. The van der Waals surface area contributed by atoms with Crippen LogP contribution < -0.4 is 4.74 Å².